The van der Waals surface area contributed by atoms with Gasteiger partial charge in [-0.1, -0.05) is 54.5 Å². The second kappa shape index (κ2) is 38.5. The fourth-order valence-corrected chi connectivity index (χ4v) is 24.7. The van der Waals surface area contributed by atoms with Gasteiger partial charge in [0, 0.05) is 247 Å². The number of aryl methyl sites for hydroxylation is 3. The Labute approximate surface area is 777 Å². The first-order valence-corrected chi connectivity index (χ1v) is 47.9. The molecule has 6 fully saturated rings. The molecule has 0 N–H and O–H groups in total. The summed E-state index contributed by atoms with van der Waals surface area (Å²) < 4.78 is 113. The number of thioether (sulfide) groups is 3. The van der Waals surface area contributed by atoms with E-state index in [0.29, 0.717) is 164 Å². The van der Waals surface area contributed by atoms with E-state index in [1.165, 1.54) is 48.2 Å². The number of carbonyl (C=O) groups is 3. The molecule has 0 aliphatic carbocycles. The number of benzene rings is 6. The smallest absolute Gasteiger partial charge is 0.350 e. The zero-order chi connectivity index (χ0) is 92.8. The van der Waals surface area contributed by atoms with Crippen molar-refractivity contribution in [1.29, 1.82) is 0 Å². The Balaban J connectivity index is 0.000000143. The minimum atomic E-state index is -0.892. The van der Waals surface area contributed by atoms with Crippen LogP contribution < -0.4 is 31.8 Å². The molecule has 0 radical (unpaired) electrons. The van der Waals surface area contributed by atoms with E-state index < -0.39 is 46.8 Å². The van der Waals surface area contributed by atoms with Crippen molar-refractivity contribution < 1.29 is 49.9 Å². The molecule has 9 aliphatic rings. The maximum absolute atomic E-state index is 15.4. The molecular weight excluding hydrogens is 1800 g/mol. The lowest BCUT2D eigenvalue weighted by molar-refractivity contribution is -0.129. The molecule has 18 rings (SSSR count). The van der Waals surface area contributed by atoms with Gasteiger partial charge in [-0.25, -0.2) is 45.1 Å². The van der Waals surface area contributed by atoms with Crippen LogP contribution in [0.4, 0.5) is 48.2 Å². The van der Waals surface area contributed by atoms with E-state index in [1.807, 2.05) is 85.4 Å². The number of piperazine rings is 4. The molecular formula is C94H104Cl3F7N16O7S3. The number of aromatic nitrogens is 6. The van der Waals surface area contributed by atoms with Gasteiger partial charge in [0.1, 0.15) is 58.5 Å². The second-order valence-electron chi connectivity index (χ2n) is 35.6. The second-order valence-corrected chi connectivity index (χ2v) is 39.9. The standard InChI is InChI=1S/C32H37ClF2N6O2S.C31H33ClF3N5O2S.C31H34ClF2N5O3S/c1-6-27(42)39-14-20(4)40(15-19(39)3)31-23-11-18(2)28(22-12-24(33)26(35)13-25(22)34)30-29(23)41(32(43)36-31)21(17-44-30)16-38-9-7-37(5)8-10-38;1-5-26(41)38-11-18(4)39(12-17(38)3)30-22-8-16(2)27(21-9-23(32)25(35)10-24(21)34)29-28(22)40(31(42)36-30)20(15-43-29)14-37-7-6-19(33)13-37;1-5-26(40)37-13-19(4)38(14-18(37)3)30-22-10-17(2)27(21-11-23(32)25(34)12-24(21)33)29-28(22)39(31(41)35-30)20(16-43-29)15-36-6-8-42-9-7-36/h6,11-13,19-21H,1,7-10,14-17H2,2-5H3;5,8-10,17-20H,1,6-7,11-15H2,2-4H3;5,10-12,18-20H,1,6-9,13-16H2,2-4H3/t19-,20+,21?;17-,18+,19?,20?;18-,19+,20?/m111/s1. The molecule has 0 saturated carbocycles. The van der Waals surface area contributed by atoms with Gasteiger partial charge in [0.05, 0.1) is 63.0 Å². The Morgan fingerprint density at radius 2 is 0.731 bits per heavy atom. The number of likely N-dealkylation sites (tertiary alicyclic amines) is 1. The third-order valence-corrected chi connectivity index (χ3v) is 31.3. The normalized spacial score (nSPS) is 23.3. The lowest BCUT2D eigenvalue weighted by Gasteiger charge is -2.45. The van der Waals surface area contributed by atoms with E-state index in [-0.39, 0.29) is 115 Å². The minimum absolute atomic E-state index is 0.116. The average Bonchev–Trinajstić information content (AvgIpc) is 1.06. The largest absolute Gasteiger partial charge is 0.379 e. The minimum Gasteiger partial charge on any atom is -0.379 e. The molecule has 6 aromatic carbocycles. The number of hydrogen-bond acceptors (Lipinski definition) is 20. The topological polar surface area (TPSA) is 198 Å². The average molecular weight is 1910 g/mol. The van der Waals surface area contributed by atoms with Crippen molar-refractivity contribution in [2.45, 2.75) is 144 Å². The lowest BCUT2D eigenvalue weighted by atomic mass is 9.96. The highest BCUT2D eigenvalue weighted by Crippen LogP contribution is 2.52. The van der Waals surface area contributed by atoms with Crippen molar-refractivity contribution in [2.24, 2.45) is 0 Å². The molecule has 3 aromatic heterocycles. The number of alkyl halides is 1. The van der Waals surface area contributed by atoms with Crippen LogP contribution in [0.1, 0.15) is 82.8 Å². The van der Waals surface area contributed by atoms with Gasteiger partial charge in [-0.3, -0.25) is 42.8 Å². The van der Waals surface area contributed by atoms with Gasteiger partial charge in [-0.05, 0) is 147 Å². The molecule has 9 aromatic rings. The number of carbonyl (C=O) groups excluding carboxylic acids is 3. The quantitative estimate of drug-likeness (QED) is 0.0533. The van der Waals surface area contributed by atoms with Crippen LogP contribution in [0.15, 0.2) is 122 Å². The summed E-state index contributed by atoms with van der Waals surface area (Å²) in [4.78, 5) is 116. The van der Waals surface area contributed by atoms with Crippen LogP contribution in [0.5, 0.6) is 0 Å². The molecule has 23 nitrogen and oxygen atoms in total. The molecule has 3 amide bonds. The van der Waals surface area contributed by atoms with Gasteiger partial charge in [-0.2, -0.15) is 15.0 Å². The first kappa shape index (κ1) is 94.2. The van der Waals surface area contributed by atoms with Crippen molar-refractivity contribution in [3.63, 3.8) is 0 Å². The maximum atomic E-state index is 15.4. The van der Waals surface area contributed by atoms with Crippen molar-refractivity contribution >= 4 is 138 Å². The fraction of sp³-hybridized carbons (Fsp3) is 0.457. The number of anilines is 3. The molecule has 10 atom stereocenters. The van der Waals surface area contributed by atoms with Crippen LogP contribution in [-0.4, -0.2) is 272 Å². The highest BCUT2D eigenvalue weighted by Gasteiger charge is 2.43. The number of halogens is 10. The molecule has 130 heavy (non-hydrogen) atoms. The molecule has 12 heterocycles. The van der Waals surface area contributed by atoms with Crippen LogP contribution in [-0.2, 0) is 19.1 Å². The van der Waals surface area contributed by atoms with E-state index in [9.17, 15) is 46.3 Å². The van der Waals surface area contributed by atoms with Crippen LogP contribution in [0, 0.1) is 55.7 Å². The number of morpholine rings is 1. The Bertz CT molecular complexity index is 6030. The van der Waals surface area contributed by atoms with Gasteiger partial charge in [0.15, 0.2) is 0 Å². The van der Waals surface area contributed by atoms with Crippen LogP contribution in [0.3, 0.4) is 0 Å². The van der Waals surface area contributed by atoms with Gasteiger partial charge < -0.3 is 39.0 Å². The summed E-state index contributed by atoms with van der Waals surface area (Å²) in [6, 6.07) is 10.8. The highest BCUT2D eigenvalue weighted by atomic mass is 35.5. The molecule has 4 unspecified atom stereocenters. The van der Waals surface area contributed by atoms with E-state index in [1.54, 1.807) is 51.9 Å². The first-order valence-electron chi connectivity index (χ1n) is 43.8. The van der Waals surface area contributed by atoms with Crippen molar-refractivity contribution in [3.05, 3.63) is 191 Å². The number of rotatable bonds is 15. The van der Waals surface area contributed by atoms with Crippen molar-refractivity contribution in [1.82, 2.24) is 63.0 Å². The van der Waals surface area contributed by atoms with Crippen LogP contribution in [0.25, 0.3) is 66.1 Å². The van der Waals surface area contributed by atoms with Crippen molar-refractivity contribution in [2.75, 3.05) is 163 Å². The summed E-state index contributed by atoms with van der Waals surface area (Å²) in [7, 11) is 2.11. The van der Waals surface area contributed by atoms with Gasteiger partial charge in [-0.15, -0.1) is 35.3 Å². The van der Waals surface area contributed by atoms with Crippen LogP contribution in [0.2, 0.25) is 15.1 Å². The van der Waals surface area contributed by atoms with E-state index in [0.717, 1.165) is 100 Å². The van der Waals surface area contributed by atoms with E-state index in [2.05, 4.69) is 66.2 Å². The third kappa shape index (κ3) is 18.0. The number of amides is 3. The Hall–Kier alpha value is -9.00. The third-order valence-electron chi connectivity index (χ3n) is 26.7. The summed E-state index contributed by atoms with van der Waals surface area (Å²) in [5, 5.41) is 1.79. The van der Waals surface area contributed by atoms with E-state index in [4.69, 9.17) is 44.5 Å². The summed E-state index contributed by atoms with van der Waals surface area (Å²) >= 11 is 23.1. The van der Waals surface area contributed by atoms with Crippen LogP contribution >= 0.6 is 70.1 Å². The van der Waals surface area contributed by atoms with E-state index >= 15 is 13.2 Å². The van der Waals surface area contributed by atoms with Crippen molar-refractivity contribution in [3.8, 4) is 33.4 Å². The predicted octanol–water partition coefficient (Wildman–Crippen LogP) is 15.3. The molecule has 0 spiro atoms. The molecule has 36 heteroatoms. The Morgan fingerprint density at radius 3 is 1.03 bits per heavy atom. The number of likely N-dealkylation sites (N-methyl/N-ethyl adjacent to an activating group) is 1. The number of hydrogen-bond donors (Lipinski definition) is 0. The maximum Gasteiger partial charge on any atom is 0.350 e. The lowest BCUT2D eigenvalue weighted by Crippen LogP contribution is -2.58. The summed E-state index contributed by atoms with van der Waals surface area (Å²) in [6.07, 6.45) is 3.53. The number of ether oxygens (including phenoxy) is 1. The zero-order valence-electron chi connectivity index (χ0n) is 74.1. The Kier molecular flexibility index (Phi) is 27.9. The number of nitrogens with zero attached hydrogens (tertiary/aromatic N) is 16. The summed E-state index contributed by atoms with van der Waals surface area (Å²) in [5.41, 5.74) is 5.40. The SMILES string of the molecule is C=CC(=O)N1C[C@H](C)N(c2nc(=O)n3c4c(c(-c5cc(Cl)c(F)cc5F)c(C)cc24)SCC3CN2CCC(F)C2)C[C@H]1C.C=CC(=O)N1C[C@H](C)N(c2nc(=O)n3c4c(c(-c5cc(Cl)c(F)cc5F)c(C)cc24)SCC3CN2CCN(C)CC2)C[C@H]1C.C=CC(=O)N1C[C@H](C)N(c2nc(=O)n3c4c(c(-c5cc(Cl)c(F)cc5F)c(C)cc24)SCC3CN2CCOCC2)C[C@H]1C. The molecule has 6 saturated heterocycles. The predicted molar refractivity (Wildman–Crippen MR) is 504 cm³/mol. The zero-order valence-corrected chi connectivity index (χ0v) is 78.8. The highest BCUT2D eigenvalue weighted by molar-refractivity contribution is 8.00. The Morgan fingerprint density at radius 1 is 0.423 bits per heavy atom. The van der Waals surface area contributed by atoms with Gasteiger partial charge >= 0.3 is 17.1 Å². The molecule has 9 aliphatic heterocycles. The van der Waals surface area contributed by atoms with Gasteiger partial charge in [0.25, 0.3) is 0 Å². The fourth-order valence-electron chi connectivity index (χ4n) is 20.1. The van der Waals surface area contributed by atoms with Gasteiger partial charge in [0.2, 0.25) is 17.7 Å². The molecule has 690 valence electrons. The summed E-state index contributed by atoms with van der Waals surface area (Å²) in [5.74, 6) is -1.78. The summed E-state index contributed by atoms with van der Waals surface area (Å²) in [6.45, 7) is 40.6. The molecule has 0 bridgehead atoms. The first-order chi connectivity index (χ1) is 62.0. The monoisotopic (exact) mass is 1900 g/mol.